The van der Waals surface area contributed by atoms with E-state index in [0.717, 1.165) is 22.3 Å². The first-order valence-corrected chi connectivity index (χ1v) is 7.79. The third-order valence-electron chi connectivity index (χ3n) is 3.61. The van der Waals surface area contributed by atoms with Gasteiger partial charge in [0.15, 0.2) is 5.65 Å². The number of hydrogen-bond acceptors (Lipinski definition) is 4. The molecular weight excluding hydrogens is 312 g/mol. The Bertz CT molecular complexity index is 834. The molecule has 0 fully saturated rings. The van der Waals surface area contributed by atoms with Crippen LogP contribution in [0, 0.1) is 0 Å². The van der Waals surface area contributed by atoms with Crippen molar-refractivity contribution >= 4 is 22.6 Å². The molecule has 0 saturated carbocycles. The minimum Gasteiger partial charge on any atom is -0.497 e. The fourth-order valence-electron chi connectivity index (χ4n) is 2.28. The third kappa shape index (κ3) is 3.15. The second kappa shape index (κ2) is 5.81. The SMILES string of the molecule is COc1ccc(Cn2ncc3c(Cl)nc(C(C)(C)C)nc32)cc1. The highest BCUT2D eigenvalue weighted by atomic mass is 35.5. The summed E-state index contributed by atoms with van der Waals surface area (Å²) in [6.45, 7) is 6.81. The van der Waals surface area contributed by atoms with Crippen molar-refractivity contribution < 1.29 is 4.74 Å². The van der Waals surface area contributed by atoms with Gasteiger partial charge in [0, 0.05) is 5.41 Å². The average molecular weight is 331 g/mol. The highest BCUT2D eigenvalue weighted by molar-refractivity contribution is 6.33. The first-order chi connectivity index (χ1) is 10.9. The van der Waals surface area contributed by atoms with Gasteiger partial charge in [0.2, 0.25) is 0 Å². The molecule has 0 N–H and O–H groups in total. The molecule has 0 spiro atoms. The molecule has 0 aliphatic carbocycles. The van der Waals surface area contributed by atoms with Crippen molar-refractivity contribution in [2.45, 2.75) is 32.7 Å². The fourth-order valence-corrected chi connectivity index (χ4v) is 2.49. The van der Waals surface area contributed by atoms with Crippen molar-refractivity contribution in [2.24, 2.45) is 0 Å². The van der Waals surface area contributed by atoms with Crippen LogP contribution >= 0.6 is 11.6 Å². The van der Waals surface area contributed by atoms with Gasteiger partial charge in [-0.2, -0.15) is 5.10 Å². The van der Waals surface area contributed by atoms with Crippen LogP contribution in [0.2, 0.25) is 5.15 Å². The van der Waals surface area contributed by atoms with E-state index >= 15 is 0 Å². The summed E-state index contributed by atoms with van der Waals surface area (Å²) in [5.74, 6) is 1.55. The predicted octanol–water partition coefficient (Wildman–Crippen LogP) is 3.83. The van der Waals surface area contributed by atoms with Crippen LogP contribution in [0.1, 0.15) is 32.2 Å². The Morgan fingerprint density at radius 2 is 1.83 bits per heavy atom. The lowest BCUT2D eigenvalue weighted by Crippen LogP contribution is -2.17. The molecule has 0 radical (unpaired) electrons. The van der Waals surface area contributed by atoms with E-state index < -0.39 is 0 Å². The number of methoxy groups -OCH3 is 1. The van der Waals surface area contributed by atoms with Crippen molar-refractivity contribution in [3.8, 4) is 5.75 Å². The van der Waals surface area contributed by atoms with Crippen LogP contribution in [0.25, 0.3) is 11.0 Å². The molecule has 0 unspecified atom stereocenters. The van der Waals surface area contributed by atoms with Crippen molar-refractivity contribution in [3.05, 3.63) is 47.0 Å². The maximum absolute atomic E-state index is 6.30. The molecule has 0 atom stereocenters. The molecule has 23 heavy (non-hydrogen) atoms. The average Bonchev–Trinajstić information content (AvgIpc) is 2.91. The summed E-state index contributed by atoms with van der Waals surface area (Å²) in [6.07, 6.45) is 1.72. The largest absolute Gasteiger partial charge is 0.497 e. The molecule has 0 amide bonds. The Kier molecular flexibility index (Phi) is 3.98. The minimum atomic E-state index is -0.174. The van der Waals surface area contributed by atoms with E-state index in [1.165, 1.54) is 0 Å². The minimum absolute atomic E-state index is 0.174. The highest BCUT2D eigenvalue weighted by Gasteiger charge is 2.21. The lowest BCUT2D eigenvalue weighted by molar-refractivity contribution is 0.414. The maximum Gasteiger partial charge on any atom is 0.163 e. The van der Waals surface area contributed by atoms with Gasteiger partial charge < -0.3 is 4.74 Å². The topological polar surface area (TPSA) is 52.8 Å². The first-order valence-electron chi connectivity index (χ1n) is 7.41. The second-order valence-corrected chi connectivity index (χ2v) is 6.83. The molecule has 3 rings (SSSR count). The predicted molar refractivity (Wildman–Crippen MR) is 91.1 cm³/mol. The zero-order valence-corrected chi connectivity index (χ0v) is 14.4. The van der Waals surface area contributed by atoms with Crippen molar-refractivity contribution in [1.29, 1.82) is 0 Å². The van der Waals surface area contributed by atoms with Crippen LogP contribution in [0.5, 0.6) is 5.75 Å². The molecule has 120 valence electrons. The van der Waals surface area contributed by atoms with E-state index in [4.69, 9.17) is 16.3 Å². The standard InChI is InChI=1S/C17H19ClN4O/c1-17(2,3)16-20-14(18)13-9-19-22(15(13)21-16)10-11-5-7-12(23-4)8-6-11/h5-9H,10H2,1-4H3. The normalized spacial score (nSPS) is 11.9. The van der Waals surface area contributed by atoms with E-state index in [1.807, 2.05) is 28.9 Å². The van der Waals surface area contributed by atoms with E-state index in [-0.39, 0.29) is 5.41 Å². The number of hydrogen-bond donors (Lipinski definition) is 0. The molecule has 0 aliphatic heterocycles. The molecule has 3 aromatic rings. The molecule has 2 aromatic heterocycles. The van der Waals surface area contributed by atoms with Crippen LogP contribution in [0.4, 0.5) is 0 Å². The van der Waals surface area contributed by atoms with Crippen molar-refractivity contribution in [3.63, 3.8) is 0 Å². The second-order valence-electron chi connectivity index (χ2n) is 6.48. The van der Waals surface area contributed by atoms with Gasteiger partial charge in [0.05, 0.1) is 25.2 Å². The number of fused-ring (bicyclic) bond motifs is 1. The lowest BCUT2D eigenvalue weighted by Gasteiger charge is -2.16. The smallest absolute Gasteiger partial charge is 0.163 e. The van der Waals surface area contributed by atoms with E-state index in [2.05, 4.69) is 35.8 Å². The Hall–Kier alpha value is -2.14. The zero-order chi connectivity index (χ0) is 16.6. The van der Waals surface area contributed by atoms with Gasteiger partial charge in [0.1, 0.15) is 16.7 Å². The van der Waals surface area contributed by atoms with Gasteiger partial charge in [-0.25, -0.2) is 14.6 Å². The Labute approximate surface area is 140 Å². The Morgan fingerprint density at radius 1 is 1.13 bits per heavy atom. The third-order valence-corrected chi connectivity index (χ3v) is 3.90. The Balaban J connectivity index is 2.02. The van der Waals surface area contributed by atoms with Gasteiger partial charge in [-0.1, -0.05) is 44.5 Å². The van der Waals surface area contributed by atoms with Gasteiger partial charge in [-0.05, 0) is 17.7 Å². The molecule has 5 nitrogen and oxygen atoms in total. The van der Waals surface area contributed by atoms with E-state index in [0.29, 0.717) is 17.5 Å². The van der Waals surface area contributed by atoms with Crippen LogP contribution in [-0.4, -0.2) is 26.9 Å². The van der Waals surface area contributed by atoms with Gasteiger partial charge in [0.25, 0.3) is 0 Å². The number of ether oxygens (including phenoxy) is 1. The summed E-state index contributed by atoms with van der Waals surface area (Å²) in [5.41, 5.74) is 1.70. The Morgan fingerprint density at radius 3 is 2.43 bits per heavy atom. The van der Waals surface area contributed by atoms with E-state index in [1.54, 1.807) is 13.3 Å². The number of aromatic nitrogens is 4. The number of benzene rings is 1. The van der Waals surface area contributed by atoms with Gasteiger partial charge in [-0.3, -0.25) is 0 Å². The lowest BCUT2D eigenvalue weighted by atomic mass is 9.96. The van der Waals surface area contributed by atoms with Crippen LogP contribution < -0.4 is 4.74 Å². The van der Waals surface area contributed by atoms with Crippen LogP contribution in [0.3, 0.4) is 0 Å². The molecule has 0 bridgehead atoms. The molecular formula is C17H19ClN4O. The summed E-state index contributed by atoms with van der Waals surface area (Å²) < 4.78 is 7.03. The van der Waals surface area contributed by atoms with Crippen molar-refractivity contribution in [1.82, 2.24) is 19.7 Å². The number of nitrogens with zero attached hydrogens (tertiary/aromatic N) is 4. The van der Waals surface area contributed by atoms with Crippen molar-refractivity contribution in [2.75, 3.05) is 7.11 Å². The summed E-state index contributed by atoms with van der Waals surface area (Å²) in [4.78, 5) is 9.08. The zero-order valence-electron chi connectivity index (χ0n) is 13.7. The summed E-state index contributed by atoms with van der Waals surface area (Å²) in [6, 6.07) is 7.90. The quantitative estimate of drug-likeness (QED) is 0.685. The summed E-state index contributed by atoms with van der Waals surface area (Å²) >= 11 is 6.30. The molecule has 2 heterocycles. The number of rotatable bonds is 3. The molecule has 0 saturated heterocycles. The van der Waals surface area contributed by atoms with E-state index in [9.17, 15) is 0 Å². The molecule has 0 aliphatic rings. The van der Waals surface area contributed by atoms with Gasteiger partial charge in [-0.15, -0.1) is 0 Å². The number of halogens is 1. The van der Waals surface area contributed by atoms with Crippen LogP contribution in [0.15, 0.2) is 30.5 Å². The molecule has 1 aromatic carbocycles. The summed E-state index contributed by atoms with van der Waals surface area (Å²) in [7, 11) is 1.66. The van der Waals surface area contributed by atoms with Gasteiger partial charge >= 0.3 is 0 Å². The summed E-state index contributed by atoms with van der Waals surface area (Å²) in [5, 5.41) is 5.63. The monoisotopic (exact) mass is 330 g/mol. The first kappa shape index (κ1) is 15.7. The highest BCUT2D eigenvalue weighted by Crippen LogP contribution is 2.26. The molecule has 6 heteroatoms. The van der Waals surface area contributed by atoms with Crippen LogP contribution in [-0.2, 0) is 12.0 Å². The fraction of sp³-hybridized carbons (Fsp3) is 0.353. The maximum atomic E-state index is 6.30.